The molecule has 0 amide bonds. The van der Waals surface area contributed by atoms with Gasteiger partial charge in [0.05, 0.1) is 18.6 Å². The molecule has 0 bridgehead atoms. The molecule has 2 rings (SSSR count). The van der Waals surface area contributed by atoms with Gasteiger partial charge < -0.3 is 16.0 Å². The van der Waals surface area contributed by atoms with Crippen LogP contribution in [0.5, 0.6) is 0 Å². The molecule has 0 aromatic carbocycles. The first kappa shape index (κ1) is 13.3. The van der Waals surface area contributed by atoms with E-state index in [9.17, 15) is 13.2 Å². The molecule has 0 unspecified atom stereocenters. The summed E-state index contributed by atoms with van der Waals surface area (Å²) in [6, 6.07) is 1.54. The Morgan fingerprint density at radius 3 is 2.84 bits per heavy atom. The zero-order valence-corrected chi connectivity index (χ0v) is 9.67. The maximum absolute atomic E-state index is 12.0. The van der Waals surface area contributed by atoms with Crippen molar-refractivity contribution < 1.29 is 13.2 Å². The van der Waals surface area contributed by atoms with Crippen LogP contribution in [-0.4, -0.2) is 33.5 Å². The third-order valence-electron chi connectivity index (χ3n) is 2.35. The van der Waals surface area contributed by atoms with Crippen LogP contribution >= 0.6 is 0 Å². The largest absolute Gasteiger partial charge is 0.401 e. The fourth-order valence-electron chi connectivity index (χ4n) is 1.59. The summed E-state index contributed by atoms with van der Waals surface area (Å²) < 4.78 is 35.9. The average Bonchev–Trinajstić information content (AvgIpc) is 2.68. The van der Waals surface area contributed by atoms with E-state index in [2.05, 4.69) is 20.3 Å². The number of hydrogen-bond acceptors (Lipinski definition) is 4. The highest BCUT2D eigenvalue weighted by molar-refractivity contribution is 6.04. The lowest BCUT2D eigenvalue weighted by molar-refractivity contribution is -0.125. The number of nitrogens with two attached hydrogens (primary N) is 1. The maximum Gasteiger partial charge on any atom is 0.401 e. The first-order valence-electron chi connectivity index (χ1n) is 5.32. The molecule has 6 nitrogen and oxygen atoms in total. The SMILES string of the molecule is N=C(N)c1ccnc2nc(CNCC(F)(F)F)[nH]c12. The highest BCUT2D eigenvalue weighted by Gasteiger charge is 2.26. The Hall–Kier alpha value is -2.16. The van der Waals surface area contributed by atoms with Gasteiger partial charge >= 0.3 is 6.18 Å². The monoisotopic (exact) mass is 272 g/mol. The van der Waals surface area contributed by atoms with E-state index in [0.29, 0.717) is 22.6 Å². The molecule has 0 fully saturated rings. The van der Waals surface area contributed by atoms with Crippen LogP contribution in [0.1, 0.15) is 11.4 Å². The standard InChI is InChI=1S/C10H11F3N6/c11-10(12,13)4-16-3-6-18-7-5(8(14)15)1-2-17-9(7)19-6/h1-2,16H,3-4H2,(H3,14,15)(H,17,18,19). The number of aromatic amines is 1. The van der Waals surface area contributed by atoms with Crippen molar-refractivity contribution in [1.82, 2.24) is 20.3 Å². The molecule has 102 valence electrons. The van der Waals surface area contributed by atoms with Gasteiger partial charge in [-0.2, -0.15) is 13.2 Å². The first-order chi connectivity index (χ1) is 8.87. The lowest BCUT2D eigenvalue weighted by atomic mass is 10.2. The molecule has 19 heavy (non-hydrogen) atoms. The van der Waals surface area contributed by atoms with Crippen molar-refractivity contribution >= 4 is 17.0 Å². The number of hydrogen-bond donors (Lipinski definition) is 4. The van der Waals surface area contributed by atoms with Gasteiger partial charge in [0.25, 0.3) is 0 Å². The van der Waals surface area contributed by atoms with E-state index in [4.69, 9.17) is 11.1 Å². The van der Waals surface area contributed by atoms with Crippen LogP contribution in [0.3, 0.4) is 0 Å². The van der Waals surface area contributed by atoms with Crippen molar-refractivity contribution in [3.05, 3.63) is 23.7 Å². The van der Waals surface area contributed by atoms with Crippen molar-refractivity contribution in [2.75, 3.05) is 6.54 Å². The van der Waals surface area contributed by atoms with Crippen LogP contribution in [0.2, 0.25) is 0 Å². The van der Waals surface area contributed by atoms with Gasteiger partial charge in [-0.3, -0.25) is 5.41 Å². The Labute approximate surface area is 105 Å². The van der Waals surface area contributed by atoms with Crippen molar-refractivity contribution in [3.63, 3.8) is 0 Å². The Morgan fingerprint density at radius 1 is 1.47 bits per heavy atom. The van der Waals surface area contributed by atoms with Gasteiger partial charge in [0.1, 0.15) is 11.7 Å². The molecular weight excluding hydrogens is 261 g/mol. The first-order valence-corrected chi connectivity index (χ1v) is 5.32. The Bertz CT molecular complexity index is 603. The minimum atomic E-state index is -4.27. The number of H-pyrrole nitrogens is 1. The molecule has 9 heteroatoms. The van der Waals surface area contributed by atoms with Gasteiger partial charge in [-0.05, 0) is 6.07 Å². The number of alkyl halides is 3. The topological polar surface area (TPSA) is 103 Å². The molecule has 0 radical (unpaired) electrons. The van der Waals surface area contributed by atoms with Gasteiger partial charge in [-0.1, -0.05) is 0 Å². The molecule has 0 aliphatic rings. The van der Waals surface area contributed by atoms with Crippen molar-refractivity contribution in [2.24, 2.45) is 5.73 Å². The second-order valence-electron chi connectivity index (χ2n) is 3.87. The van der Waals surface area contributed by atoms with E-state index in [-0.39, 0.29) is 12.4 Å². The van der Waals surface area contributed by atoms with Crippen LogP contribution < -0.4 is 11.1 Å². The molecule has 5 N–H and O–H groups in total. The number of nitrogen functional groups attached to an aromatic ring is 1. The van der Waals surface area contributed by atoms with Gasteiger partial charge in [0.15, 0.2) is 5.65 Å². The van der Waals surface area contributed by atoms with Crippen molar-refractivity contribution in [1.29, 1.82) is 5.41 Å². The van der Waals surface area contributed by atoms with Gasteiger partial charge in [0.2, 0.25) is 0 Å². The second kappa shape index (κ2) is 4.84. The molecule has 0 spiro atoms. The summed E-state index contributed by atoms with van der Waals surface area (Å²) in [4.78, 5) is 10.8. The average molecular weight is 272 g/mol. The Balaban J connectivity index is 2.18. The second-order valence-corrected chi connectivity index (χ2v) is 3.87. The van der Waals surface area contributed by atoms with Crippen LogP contribution in [0.4, 0.5) is 13.2 Å². The fourth-order valence-corrected chi connectivity index (χ4v) is 1.59. The van der Waals surface area contributed by atoms with Crippen LogP contribution in [0.25, 0.3) is 11.2 Å². The quantitative estimate of drug-likeness (QED) is 0.490. The van der Waals surface area contributed by atoms with E-state index >= 15 is 0 Å². The zero-order chi connectivity index (χ0) is 14.0. The predicted octanol–water partition coefficient (Wildman–Crippen LogP) is 0.894. The summed E-state index contributed by atoms with van der Waals surface area (Å²) in [6.07, 6.45) is -2.83. The lowest BCUT2D eigenvalue weighted by Crippen LogP contribution is -2.28. The molecule has 0 saturated carbocycles. The molecule has 0 saturated heterocycles. The van der Waals surface area contributed by atoms with Crippen molar-refractivity contribution in [3.8, 4) is 0 Å². The van der Waals surface area contributed by atoms with Gasteiger partial charge in [-0.15, -0.1) is 0 Å². The number of halogens is 3. The van der Waals surface area contributed by atoms with Gasteiger partial charge in [0, 0.05) is 11.8 Å². The number of rotatable bonds is 4. The highest BCUT2D eigenvalue weighted by atomic mass is 19.4. The van der Waals surface area contributed by atoms with E-state index in [1.54, 1.807) is 0 Å². The molecular formula is C10H11F3N6. The minimum Gasteiger partial charge on any atom is -0.384 e. The molecule has 2 aromatic heterocycles. The number of amidine groups is 1. The number of pyridine rings is 1. The maximum atomic E-state index is 12.0. The predicted molar refractivity (Wildman–Crippen MR) is 62.7 cm³/mol. The molecule has 0 aliphatic carbocycles. The Morgan fingerprint density at radius 2 is 2.21 bits per heavy atom. The molecule has 2 heterocycles. The van der Waals surface area contributed by atoms with Crippen molar-refractivity contribution in [2.45, 2.75) is 12.7 Å². The molecule has 2 aromatic rings. The van der Waals surface area contributed by atoms with Gasteiger partial charge in [-0.25, -0.2) is 9.97 Å². The summed E-state index contributed by atoms with van der Waals surface area (Å²) in [6.45, 7) is -1.18. The van der Waals surface area contributed by atoms with E-state index in [1.807, 2.05) is 0 Å². The van der Waals surface area contributed by atoms with Crippen LogP contribution in [-0.2, 0) is 6.54 Å². The number of nitrogens with one attached hydrogen (secondary N) is 3. The van der Waals surface area contributed by atoms with E-state index < -0.39 is 12.7 Å². The van der Waals surface area contributed by atoms with E-state index in [0.717, 1.165) is 0 Å². The highest BCUT2D eigenvalue weighted by Crippen LogP contribution is 2.15. The number of fused-ring (bicyclic) bond motifs is 1. The summed E-state index contributed by atoms with van der Waals surface area (Å²) >= 11 is 0. The van der Waals surface area contributed by atoms with E-state index in [1.165, 1.54) is 12.3 Å². The number of aromatic nitrogens is 3. The summed E-state index contributed by atoms with van der Waals surface area (Å²) in [5, 5.41) is 9.60. The third-order valence-corrected chi connectivity index (χ3v) is 2.35. The summed E-state index contributed by atoms with van der Waals surface area (Å²) in [5.74, 6) is 0.145. The van der Waals surface area contributed by atoms with Crippen LogP contribution in [0.15, 0.2) is 12.3 Å². The normalized spacial score (nSPS) is 11.9. The summed E-state index contributed by atoms with van der Waals surface area (Å²) in [5.41, 5.74) is 6.57. The minimum absolute atomic E-state index is 0.0762. The lowest BCUT2D eigenvalue weighted by Gasteiger charge is -2.06. The molecule has 0 aliphatic heterocycles. The Kier molecular flexibility index (Phi) is 3.38. The zero-order valence-electron chi connectivity index (χ0n) is 9.67. The smallest absolute Gasteiger partial charge is 0.384 e. The fraction of sp³-hybridized carbons (Fsp3) is 0.300. The molecule has 0 atom stereocenters. The number of imidazole rings is 1. The van der Waals surface area contributed by atoms with Crippen LogP contribution in [0, 0.1) is 5.41 Å². The third kappa shape index (κ3) is 3.19. The number of nitrogens with zero attached hydrogens (tertiary/aromatic N) is 2. The summed E-state index contributed by atoms with van der Waals surface area (Å²) in [7, 11) is 0.